The molecule has 21 heavy (non-hydrogen) atoms. The number of hydrogen-bond donors (Lipinski definition) is 1. The summed E-state index contributed by atoms with van der Waals surface area (Å²) in [6.45, 7) is 4.56. The lowest BCUT2D eigenvalue weighted by Crippen LogP contribution is -2.40. The van der Waals surface area contributed by atoms with E-state index in [4.69, 9.17) is 0 Å². The van der Waals surface area contributed by atoms with Gasteiger partial charge in [0, 0.05) is 50.8 Å². The van der Waals surface area contributed by atoms with Crippen molar-refractivity contribution in [3.8, 4) is 0 Å². The third-order valence-electron chi connectivity index (χ3n) is 3.90. The summed E-state index contributed by atoms with van der Waals surface area (Å²) in [5.74, 6) is 0. The first kappa shape index (κ1) is 15.2. The van der Waals surface area contributed by atoms with Crippen LogP contribution in [0.5, 0.6) is 0 Å². The molecule has 0 aliphatic heterocycles. The van der Waals surface area contributed by atoms with Crippen molar-refractivity contribution in [2.24, 2.45) is 14.1 Å². The van der Waals surface area contributed by atoms with Gasteiger partial charge in [0.1, 0.15) is 0 Å². The number of nitrogens with one attached hydrogen (secondary N) is 1. The smallest absolute Gasteiger partial charge is 0.307 e. The summed E-state index contributed by atoms with van der Waals surface area (Å²) >= 11 is 0. The summed E-state index contributed by atoms with van der Waals surface area (Å²) in [5.41, 5.74) is 0.0670. The van der Waals surface area contributed by atoms with Crippen LogP contribution in [0.25, 0.3) is 0 Å². The fourth-order valence-corrected chi connectivity index (χ4v) is 2.13. The van der Waals surface area contributed by atoms with Crippen LogP contribution in [-0.4, -0.2) is 25.0 Å². The zero-order chi connectivity index (χ0) is 15.6. The Kier molecular flexibility index (Phi) is 4.42. The Balaban J connectivity index is 2.10. The Morgan fingerprint density at radius 1 is 1.24 bits per heavy atom. The number of rotatable bonds is 5. The van der Waals surface area contributed by atoms with Gasteiger partial charge in [-0.15, -0.1) is 0 Å². The molecule has 2 aromatic heterocycles. The molecule has 0 fully saturated rings. The van der Waals surface area contributed by atoms with E-state index in [0.717, 1.165) is 4.57 Å². The van der Waals surface area contributed by atoms with Gasteiger partial charge in [0.2, 0.25) is 0 Å². The second-order valence-corrected chi connectivity index (χ2v) is 5.27. The molecular formula is C14H21N5O2. The number of aromatic nitrogens is 4. The summed E-state index contributed by atoms with van der Waals surface area (Å²) in [6, 6.07) is 3.68. The van der Waals surface area contributed by atoms with E-state index in [1.165, 1.54) is 17.7 Å². The number of hydrogen-bond acceptors (Lipinski definition) is 4. The minimum Gasteiger partial charge on any atom is -0.307 e. The molecule has 0 spiro atoms. The van der Waals surface area contributed by atoms with Gasteiger partial charge in [0.05, 0.1) is 6.04 Å². The van der Waals surface area contributed by atoms with E-state index < -0.39 is 0 Å². The monoisotopic (exact) mass is 291 g/mol. The van der Waals surface area contributed by atoms with Gasteiger partial charge in [0.15, 0.2) is 0 Å². The summed E-state index contributed by atoms with van der Waals surface area (Å²) in [5, 5.41) is 7.55. The van der Waals surface area contributed by atoms with Gasteiger partial charge in [-0.1, -0.05) is 0 Å². The lowest BCUT2D eigenvalue weighted by atomic mass is 10.1. The zero-order valence-corrected chi connectivity index (χ0v) is 12.8. The first-order chi connectivity index (χ1) is 9.91. The van der Waals surface area contributed by atoms with Crippen molar-refractivity contribution in [1.29, 1.82) is 0 Å². The van der Waals surface area contributed by atoms with Crippen molar-refractivity contribution in [3.63, 3.8) is 0 Å². The maximum atomic E-state index is 11.9. The summed E-state index contributed by atoms with van der Waals surface area (Å²) in [7, 11) is 3.14. The average molecular weight is 291 g/mol. The minimum atomic E-state index is -0.313. The summed E-state index contributed by atoms with van der Waals surface area (Å²) in [4.78, 5) is 23.5. The molecule has 0 saturated heterocycles. The fourth-order valence-electron chi connectivity index (χ4n) is 2.13. The van der Waals surface area contributed by atoms with Crippen molar-refractivity contribution in [2.75, 3.05) is 0 Å². The van der Waals surface area contributed by atoms with Crippen molar-refractivity contribution in [2.45, 2.75) is 32.5 Å². The highest BCUT2D eigenvalue weighted by Gasteiger charge is 2.14. The molecule has 1 N–H and O–H groups in total. The molecule has 2 rings (SSSR count). The molecule has 2 heterocycles. The fraction of sp³-hybridized carbons (Fsp3) is 0.500. The molecule has 0 aliphatic rings. The van der Waals surface area contributed by atoms with E-state index in [1.807, 2.05) is 23.9 Å². The Bertz CT molecular complexity index is 714. The highest BCUT2D eigenvalue weighted by molar-refractivity contribution is 5.02. The van der Waals surface area contributed by atoms with Crippen LogP contribution < -0.4 is 16.6 Å². The van der Waals surface area contributed by atoms with Crippen molar-refractivity contribution in [3.05, 3.63) is 51.1 Å². The van der Waals surface area contributed by atoms with Gasteiger partial charge in [-0.2, -0.15) is 5.10 Å². The largest absolute Gasteiger partial charge is 0.330 e. The summed E-state index contributed by atoms with van der Waals surface area (Å²) in [6.07, 6.45) is 3.66. The van der Waals surface area contributed by atoms with Crippen LogP contribution in [0.15, 0.2) is 34.1 Å². The molecule has 2 aromatic rings. The molecule has 7 nitrogen and oxygen atoms in total. The molecule has 114 valence electrons. The van der Waals surface area contributed by atoms with E-state index in [2.05, 4.69) is 17.3 Å². The van der Waals surface area contributed by atoms with Crippen molar-refractivity contribution >= 4 is 0 Å². The first-order valence-electron chi connectivity index (χ1n) is 6.90. The maximum Gasteiger partial charge on any atom is 0.330 e. The predicted octanol–water partition coefficient (Wildman–Crippen LogP) is 0.0198. The van der Waals surface area contributed by atoms with E-state index in [0.29, 0.717) is 12.2 Å². The third kappa shape index (κ3) is 3.13. The van der Waals surface area contributed by atoms with Gasteiger partial charge in [-0.05, 0) is 19.9 Å². The molecule has 0 aliphatic carbocycles. The highest BCUT2D eigenvalue weighted by atomic mass is 16.2. The van der Waals surface area contributed by atoms with Crippen LogP contribution in [0.4, 0.5) is 0 Å². The second kappa shape index (κ2) is 6.09. The molecule has 2 unspecified atom stereocenters. The van der Waals surface area contributed by atoms with Gasteiger partial charge >= 0.3 is 5.69 Å². The minimum absolute atomic E-state index is 0.143. The summed E-state index contributed by atoms with van der Waals surface area (Å²) < 4.78 is 4.46. The molecule has 0 amide bonds. The van der Waals surface area contributed by atoms with E-state index in [-0.39, 0.29) is 23.3 Å². The predicted molar refractivity (Wildman–Crippen MR) is 80.2 cm³/mol. The average Bonchev–Trinajstić information content (AvgIpc) is 3.00. The first-order valence-corrected chi connectivity index (χ1v) is 6.90. The zero-order valence-electron chi connectivity index (χ0n) is 12.8. The second-order valence-electron chi connectivity index (χ2n) is 5.27. The lowest BCUT2D eigenvalue weighted by Gasteiger charge is -2.22. The van der Waals surface area contributed by atoms with Crippen LogP contribution in [0, 0.1) is 0 Å². The van der Waals surface area contributed by atoms with Gasteiger partial charge in [-0.25, -0.2) is 4.79 Å². The lowest BCUT2D eigenvalue weighted by molar-refractivity contribution is 0.361. The van der Waals surface area contributed by atoms with Crippen LogP contribution in [0.1, 0.15) is 25.6 Å². The molecule has 0 radical (unpaired) electrons. The SMILES string of the molecule is CC(NCc1cc(=O)n(C)c(=O)n1C)C(C)n1cccn1. The van der Waals surface area contributed by atoms with Gasteiger partial charge in [0.25, 0.3) is 5.56 Å². The van der Waals surface area contributed by atoms with E-state index in [1.54, 1.807) is 13.2 Å². The third-order valence-corrected chi connectivity index (χ3v) is 3.90. The van der Waals surface area contributed by atoms with Gasteiger partial charge < -0.3 is 5.32 Å². The molecule has 0 aromatic carbocycles. The molecule has 7 heteroatoms. The highest BCUT2D eigenvalue weighted by Crippen LogP contribution is 2.09. The molecular weight excluding hydrogens is 270 g/mol. The maximum absolute atomic E-state index is 11.9. The quantitative estimate of drug-likeness (QED) is 0.843. The normalized spacial score (nSPS) is 14.1. The Morgan fingerprint density at radius 3 is 2.57 bits per heavy atom. The van der Waals surface area contributed by atoms with Crippen LogP contribution in [-0.2, 0) is 20.6 Å². The molecule has 2 atom stereocenters. The van der Waals surface area contributed by atoms with Gasteiger partial charge in [-0.3, -0.25) is 18.6 Å². The van der Waals surface area contributed by atoms with Crippen LogP contribution >= 0.6 is 0 Å². The Labute approximate surface area is 122 Å². The van der Waals surface area contributed by atoms with Crippen molar-refractivity contribution in [1.82, 2.24) is 24.2 Å². The molecule has 0 bridgehead atoms. The standard InChI is InChI=1S/C14H21N5O2/c1-10(11(2)19-7-5-6-16-19)15-9-12-8-13(20)18(4)14(21)17(12)3/h5-8,10-11,15H,9H2,1-4H3. The van der Waals surface area contributed by atoms with E-state index >= 15 is 0 Å². The van der Waals surface area contributed by atoms with Crippen molar-refractivity contribution < 1.29 is 0 Å². The Hall–Kier alpha value is -2.15. The number of nitrogens with zero attached hydrogens (tertiary/aromatic N) is 4. The van der Waals surface area contributed by atoms with Crippen LogP contribution in [0.3, 0.4) is 0 Å². The van der Waals surface area contributed by atoms with Crippen LogP contribution in [0.2, 0.25) is 0 Å². The molecule has 0 saturated carbocycles. The van der Waals surface area contributed by atoms with E-state index in [9.17, 15) is 9.59 Å². The topological polar surface area (TPSA) is 73.8 Å². The Morgan fingerprint density at radius 2 is 1.95 bits per heavy atom.